The number of nitrogens with zero attached hydrogens (tertiary/aromatic N) is 3. The van der Waals surface area contributed by atoms with Gasteiger partial charge in [-0.15, -0.1) is 11.3 Å². The summed E-state index contributed by atoms with van der Waals surface area (Å²) in [6.45, 7) is 2.64. The number of hydrogen-bond donors (Lipinski definition) is 1. The van der Waals surface area contributed by atoms with Crippen molar-refractivity contribution in [1.29, 1.82) is 0 Å². The third-order valence-corrected chi connectivity index (χ3v) is 3.80. The monoisotopic (exact) mass is 342 g/mol. The predicted octanol–water partition coefficient (Wildman–Crippen LogP) is 3.17. The number of thiazole rings is 1. The van der Waals surface area contributed by atoms with Crippen LogP contribution in [0.5, 0.6) is 0 Å². The van der Waals surface area contributed by atoms with Gasteiger partial charge in [0, 0.05) is 24.4 Å². The van der Waals surface area contributed by atoms with Crippen LogP contribution in [0.25, 0.3) is 0 Å². The highest BCUT2D eigenvalue weighted by Gasteiger charge is 2.10. The minimum Gasteiger partial charge on any atom is -0.369 e. The molecule has 0 spiro atoms. The fourth-order valence-corrected chi connectivity index (χ4v) is 2.61. The molecule has 19 heavy (non-hydrogen) atoms. The Kier molecular flexibility index (Phi) is 4.43. The summed E-state index contributed by atoms with van der Waals surface area (Å²) in [4.78, 5) is 18.5. The minimum absolute atomic E-state index is 0.0347. The van der Waals surface area contributed by atoms with E-state index >= 15 is 0 Å². The van der Waals surface area contributed by atoms with Gasteiger partial charge in [-0.3, -0.25) is 10.1 Å². The number of nitro groups is 1. The zero-order chi connectivity index (χ0) is 13.8. The van der Waals surface area contributed by atoms with Gasteiger partial charge in [-0.25, -0.2) is 9.97 Å². The van der Waals surface area contributed by atoms with Crippen molar-refractivity contribution in [2.24, 2.45) is 0 Å². The second-order valence-electron chi connectivity index (χ2n) is 3.82. The molecule has 0 amide bonds. The van der Waals surface area contributed by atoms with Gasteiger partial charge in [-0.2, -0.15) is 0 Å². The van der Waals surface area contributed by atoms with E-state index in [0.717, 1.165) is 17.1 Å². The fraction of sp³-hybridized carbons (Fsp3) is 0.273. The predicted molar refractivity (Wildman–Crippen MR) is 77.6 cm³/mol. The molecule has 0 atom stereocenters. The van der Waals surface area contributed by atoms with E-state index in [1.807, 2.05) is 12.3 Å². The Bertz CT molecular complexity index is 602. The molecule has 0 aliphatic rings. The van der Waals surface area contributed by atoms with Gasteiger partial charge in [-0.1, -0.05) is 0 Å². The number of nitrogens with one attached hydrogen (secondary N) is 1. The molecule has 0 aliphatic carbocycles. The average molecular weight is 343 g/mol. The number of hydrogen-bond acceptors (Lipinski definition) is 6. The standard InChI is InChI=1S/C11H11BrN4O2S/c1-7-15-8(6-19-7)2-3-13-11-10(12)4-9(5-14-11)16(17)18/h4-6H,2-3H2,1H3,(H,13,14). The van der Waals surface area contributed by atoms with Crippen molar-refractivity contribution in [3.8, 4) is 0 Å². The van der Waals surface area contributed by atoms with Gasteiger partial charge in [0.15, 0.2) is 0 Å². The van der Waals surface area contributed by atoms with Crippen molar-refractivity contribution in [3.05, 3.63) is 42.9 Å². The molecule has 0 radical (unpaired) electrons. The van der Waals surface area contributed by atoms with Gasteiger partial charge >= 0.3 is 0 Å². The molecule has 0 saturated carbocycles. The Labute approximate surface area is 122 Å². The van der Waals surface area contributed by atoms with Crippen LogP contribution in [0.4, 0.5) is 11.5 Å². The van der Waals surface area contributed by atoms with Crippen LogP contribution in [-0.2, 0) is 6.42 Å². The first-order valence-corrected chi connectivity index (χ1v) is 7.18. The first-order valence-electron chi connectivity index (χ1n) is 5.51. The third kappa shape index (κ3) is 3.71. The van der Waals surface area contributed by atoms with E-state index in [1.54, 1.807) is 11.3 Å². The van der Waals surface area contributed by atoms with Crippen LogP contribution in [0, 0.1) is 17.0 Å². The second kappa shape index (κ2) is 6.07. The number of halogens is 1. The van der Waals surface area contributed by atoms with Gasteiger partial charge in [0.25, 0.3) is 5.69 Å². The molecule has 0 unspecified atom stereocenters. The Balaban J connectivity index is 1.94. The Morgan fingerprint density at radius 2 is 2.37 bits per heavy atom. The van der Waals surface area contributed by atoms with Crippen molar-refractivity contribution in [1.82, 2.24) is 9.97 Å². The molecule has 0 fully saturated rings. The van der Waals surface area contributed by atoms with Gasteiger partial charge in [0.1, 0.15) is 12.0 Å². The summed E-state index contributed by atoms with van der Waals surface area (Å²) >= 11 is 4.88. The van der Waals surface area contributed by atoms with Crippen molar-refractivity contribution in [2.45, 2.75) is 13.3 Å². The first kappa shape index (κ1) is 13.9. The summed E-state index contributed by atoms with van der Waals surface area (Å²) < 4.78 is 0.580. The smallest absolute Gasteiger partial charge is 0.288 e. The molecule has 2 heterocycles. The number of anilines is 1. The van der Waals surface area contributed by atoms with Gasteiger partial charge in [0.2, 0.25) is 0 Å². The minimum atomic E-state index is -0.473. The van der Waals surface area contributed by atoms with E-state index in [1.165, 1.54) is 12.3 Å². The lowest BCUT2D eigenvalue weighted by molar-refractivity contribution is -0.385. The molecule has 0 aromatic carbocycles. The maximum absolute atomic E-state index is 10.6. The quantitative estimate of drug-likeness (QED) is 0.666. The van der Waals surface area contributed by atoms with E-state index < -0.39 is 4.92 Å². The molecule has 1 N–H and O–H groups in total. The first-order chi connectivity index (χ1) is 9.06. The zero-order valence-corrected chi connectivity index (χ0v) is 12.5. The average Bonchev–Trinajstić information content (AvgIpc) is 2.77. The molecule has 0 saturated heterocycles. The summed E-state index contributed by atoms with van der Waals surface area (Å²) in [5, 5.41) is 16.8. The summed E-state index contributed by atoms with van der Waals surface area (Å²) in [6, 6.07) is 1.43. The highest BCUT2D eigenvalue weighted by atomic mass is 79.9. The normalized spacial score (nSPS) is 10.4. The Hall–Kier alpha value is -1.54. The van der Waals surface area contributed by atoms with E-state index in [2.05, 4.69) is 31.2 Å². The number of aromatic nitrogens is 2. The maximum Gasteiger partial charge on any atom is 0.288 e. The van der Waals surface area contributed by atoms with Gasteiger partial charge in [-0.05, 0) is 22.9 Å². The largest absolute Gasteiger partial charge is 0.369 e. The van der Waals surface area contributed by atoms with Crippen molar-refractivity contribution in [2.75, 3.05) is 11.9 Å². The Morgan fingerprint density at radius 1 is 1.58 bits per heavy atom. The number of aryl methyl sites for hydroxylation is 1. The van der Waals surface area contributed by atoms with E-state index in [-0.39, 0.29) is 5.69 Å². The molecule has 0 bridgehead atoms. The van der Waals surface area contributed by atoms with E-state index in [9.17, 15) is 10.1 Å². The summed E-state index contributed by atoms with van der Waals surface area (Å²) in [6.07, 6.45) is 2.02. The van der Waals surface area contributed by atoms with Crippen molar-refractivity contribution < 1.29 is 4.92 Å². The van der Waals surface area contributed by atoms with E-state index in [0.29, 0.717) is 16.8 Å². The van der Waals surface area contributed by atoms with Gasteiger partial charge < -0.3 is 5.32 Å². The van der Waals surface area contributed by atoms with Crippen molar-refractivity contribution in [3.63, 3.8) is 0 Å². The number of pyridine rings is 1. The highest BCUT2D eigenvalue weighted by molar-refractivity contribution is 9.10. The molecule has 0 aliphatic heterocycles. The molecule has 2 rings (SSSR count). The van der Waals surface area contributed by atoms with E-state index in [4.69, 9.17) is 0 Å². The molecule has 2 aromatic heterocycles. The van der Waals surface area contributed by atoms with Crippen molar-refractivity contribution >= 4 is 38.8 Å². The summed E-state index contributed by atoms with van der Waals surface area (Å²) in [5.74, 6) is 0.595. The lowest BCUT2D eigenvalue weighted by Crippen LogP contribution is -2.07. The highest BCUT2D eigenvalue weighted by Crippen LogP contribution is 2.24. The second-order valence-corrected chi connectivity index (χ2v) is 5.73. The Morgan fingerprint density at radius 3 is 2.95 bits per heavy atom. The van der Waals surface area contributed by atoms with Gasteiger partial charge in [0.05, 0.1) is 20.1 Å². The lowest BCUT2D eigenvalue weighted by Gasteiger charge is -2.06. The van der Waals surface area contributed by atoms with Crippen LogP contribution in [0.3, 0.4) is 0 Å². The summed E-state index contributed by atoms with van der Waals surface area (Å²) in [5.41, 5.74) is 1.00. The third-order valence-electron chi connectivity index (χ3n) is 2.38. The van der Waals surface area contributed by atoms with Crippen LogP contribution in [0.1, 0.15) is 10.7 Å². The fourth-order valence-electron chi connectivity index (χ4n) is 1.49. The lowest BCUT2D eigenvalue weighted by atomic mass is 10.3. The molecular weight excluding hydrogens is 332 g/mol. The van der Waals surface area contributed by atoms with Crippen LogP contribution in [0.2, 0.25) is 0 Å². The van der Waals surface area contributed by atoms with Crippen LogP contribution >= 0.6 is 27.3 Å². The maximum atomic E-state index is 10.6. The molecule has 2 aromatic rings. The van der Waals surface area contributed by atoms with Crippen LogP contribution < -0.4 is 5.32 Å². The van der Waals surface area contributed by atoms with Crippen LogP contribution in [-0.4, -0.2) is 21.4 Å². The van der Waals surface area contributed by atoms with Crippen LogP contribution in [0.15, 0.2) is 22.1 Å². The SMILES string of the molecule is Cc1nc(CCNc2ncc([N+](=O)[O-])cc2Br)cs1. The zero-order valence-electron chi connectivity index (χ0n) is 10.1. The summed E-state index contributed by atoms with van der Waals surface area (Å²) in [7, 11) is 0. The molecule has 100 valence electrons. The number of rotatable bonds is 5. The topological polar surface area (TPSA) is 81.0 Å². The molecule has 8 heteroatoms. The molecular formula is C11H11BrN4O2S. The molecule has 6 nitrogen and oxygen atoms in total.